The maximum atomic E-state index is 11.4. The molecule has 0 aromatic rings. The van der Waals surface area contributed by atoms with Gasteiger partial charge in [0.05, 0.1) is 0 Å². The van der Waals surface area contributed by atoms with Gasteiger partial charge in [0.1, 0.15) is 6.61 Å². The number of ether oxygens (including phenoxy) is 1. The number of alkyl halides is 5. The summed E-state index contributed by atoms with van der Waals surface area (Å²) in [6, 6.07) is 0. The molecule has 0 unspecified atom stereocenters. The van der Waals surface area contributed by atoms with Crippen molar-refractivity contribution in [3.8, 4) is 0 Å². The highest BCUT2D eigenvalue weighted by molar-refractivity contribution is 4.55. The molecule has 0 bridgehead atoms. The van der Waals surface area contributed by atoms with Crippen molar-refractivity contribution in [2.45, 2.75) is 12.3 Å². The summed E-state index contributed by atoms with van der Waals surface area (Å²) in [5.41, 5.74) is 0. The van der Waals surface area contributed by atoms with Crippen molar-refractivity contribution in [2.24, 2.45) is 0 Å². The lowest BCUT2D eigenvalue weighted by molar-refractivity contribution is -0.266. The van der Waals surface area contributed by atoms with Crippen molar-refractivity contribution < 1.29 is 26.7 Å². The molecule has 1 radical (unpaired) electrons. The van der Waals surface area contributed by atoms with Crippen molar-refractivity contribution >= 4 is 0 Å². The van der Waals surface area contributed by atoms with Crippen LogP contribution < -0.4 is 0 Å². The highest BCUT2D eigenvalue weighted by Gasteiger charge is 2.33. The fraction of sp³-hybridized carbons (Fsp3) is 0.750. The lowest BCUT2D eigenvalue weighted by Crippen LogP contribution is -2.25. The summed E-state index contributed by atoms with van der Waals surface area (Å²) >= 11 is 0. The Morgan fingerprint density at radius 3 is 1.60 bits per heavy atom. The van der Waals surface area contributed by atoms with Crippen LogP contribution in [0.25, 0.3) is 0 Å². The van der Waals surface area contributed by atoms with Gasteiger partial charge in [-0.25, -0.2) is 0 Å². The predicted molar refractivity (Wildman–Crippen MR) is 22.3 cm³/mol. The van der Waals surface area contributed by atoms with Crippen molar-refractivity contribution in [3.63, 3.8) is 0 Å². The van der Waals surface area contributed by atoms with Crippen molar-refractivity contribution in [3.05, 3.63) is 6.92 Å². The normalized spacial score (nSPS) is 13.8. The first-order chi connectivity index (χ1) is 4.21. The SMILES string of the molecule is [CH2]C(F)(F)OCC(F)(F)F. The molecule has 0 saturated carbocycles. The number of hydrogen-bond acceptors (Lipinski definition) is 1. The summed E-state index contributed by atoms with van der Waals surface area (Å²) in [6.45, 7) is 0.0353. The molecule has 0 spiro atoms. The Hall–Kier alpha value is -0.390. The van der Waals surface area contributed by atoms with Gasteiger partial charge in [-0.15, -0.1) is 0 Å². The molecule has 0 rings (SSSR count). The van der Waals surface area contributed by atoms with Crippen LogP contribution in [0.3, 0.4) is 0 Å². The van der Waals surface area contributed by atoms with Gasteiger partial charge in [-0.2, -0.15) is 22.0 Å². The second-order valence-electron chi connectivity index (χ2n) is 1.54. The van der Waals surface area contributed by atoms with Gasteiger partial charge in [-0.1, -0.05) is 0 Å². The minimum atomic E-state index is -4.74. The summed E-state index contributed by atoms with van der Waals surface area (Å²) in [7, 11) is 0. The zero-order chi connectivity index (χ0) is 8.41. The van der Waals surface area contributed by atoms with E-state index in [9.17, 15) is 22.0 Å². The van der Waals surface area contributed by atoms with Crippen molar-refractivity contribution in [1.29, 1.82) is 0 Å². The molecule has 0 aliphatic carbocycles. The average molecular weight is 163 g/mol. The van der Waals surface area contributed by atoms with Crippen LogP contribution in [0.15, 0.2) is 0 Å². The Kier molecular flexibility index (Phi) is 2.59. The van der Waals surface area contributed by atoms with Crippen LogP contribution in [0, 0.1) is 6.92 Å². The largest absolute Gasteiger partial charge is 0.412 e. The molecule has 6 heteroatoms. The topological polar surface area (TPSA) is 9.23 Å². The Bertz CT molecular complexity index is 87.2. The molecule has 10 heavy (non-hydrogen) atoms. The molecule has 0 amide bonds. The van der Waals surface area contributed by atoms with Crippen LogP contribution in [0.5, 0.6) is 0 Å². The second-order valence-corrected chi connectivity index (χ2v) is 1.54. The van der Waals surface area contributed by atoms with E-state index in [1.165, 1.54) is 0 Å². The molecule has 0 aromatic carbocycles. The highest BCUT2D eigenvalue weighted by Crippen LogP contribution is 2.20. The zero-order valence-corrected chi connectivity index (χ0v) is 4.71. The lowest BCUT2D eigenvalue weighted by Gasteiger charge is -2.12. The standard InChI is InChI=1S/C4H4F5O/c1-3(5,6)10-2-4(7,8)9/h1-2H2. The van der Waals surface area contributed by atoms with Crippen molar-refractivity contribution in [2.75, 3.05) is 6.61 Å². The third-order valence-electron chi connectivity index (χ3n) is 0.447. The molecule has 0 aliphatic heterocycles. The van der Waals surface area contributed by atoms with Crippen LogP contribution in [-0.4, -0.2) is 18.9 Å². The molecule has 0 aliphatic rings. The molecule has 0 heterocycles. The van der Waals surface area contributed by atoms with Gasteiger partial charge in [-0.3, -0.25) is 0 Å². The first kappa shape index (κ1) is 9.61. The molecule has 0 fully saturated rings. The van der Waals surface area contributed by atoms with Crippen LogP contribution in [-0.2, 0) is 4.74 Å². The number of rotatable bonds is 2. The third kappa shape index (κ3) is 7.61. The van der Waals surface area contributed by atoms with Gasteiger partial charge in [0.15, 0.2) is 0 Å². The molecular formula is C4H4F5O. The van der Waals surface area contributed by atoms with Gasteiger partial charge < -0.3 is 4.74 Å². The molecule has 0 N–H and O–H groups in total. The smallest absolute Gasteiger partial charge is 0.311 e. The van der Waals surface area contributed by atoms with E-state index < -0.39 is 18.9 Å². The van der Waals surface area contributed by atoms with Gasteiger partial charge in [0.25, 0.3) is 0 Å². The van der Waals surface area contributed by atoms with Crippen LogP contribution in [0.4, 0.5) is 22.0 Å². The Labute approximate surface area is 53.8 Å². The fourth-order valence-corrected chi connectivity index (χ4v) is 0.187. The third-order valence-corrected chi connectivity index (χ3v) is 0.447. The van der Waals surface area contributed by atoms with E-state index in [-0.39, 0.29) is 0 Å². The molecule has 0 saturated heterocycles. The predicted octanol–water partition coefficient (Wildman–Crippen LogP) is 1.99. The van der Waals surface area contributed by atoms with Gasteiger partial charge in [0.2, 0.25) is 0 Å². The number of halogens is 5. The van der Waals surface area contributed by atoms with E-state index in [0.29, 0.717) is 0 Å². The van der Waals surface area contributed by atoms with E-state index >= 15 is 0 Å². The van der Waals surface area contributed by atoms with Crippen LogP contribution in [0.2, 0.25) is 0 Å². The minimum Gasteiger partial charge on any atom is -0.311 e. The van der Waals surface area contributed by atoms with E-state index in [1.54, 1.807) is 0 Å². The molecule has 0 aromatic heterocycles. The molecule has 61 valence electrons. The molecule has 0 atom stereocenters. The monoisotopic (exact) mass is 163 g/mol. The molecular weight excluding hydrogens is 159 g/mol. The maximum absolute atomic E-state index is 11.4. The summed E-state index contributed by atoms with van der Waals surface area (Å²) in [5, 5.41) is 0. The Morgan fingerprint density at radius 1 is 1.10 bits per heavy atom. The minimum absolute atomic E-state index is 1.98. The summed E-state index contributed by atoms with van der Waals surface area (Å²) in [4.78, 5) is 0. The second kappa shape index (κ2) is 2.69. The van der Waals surface area contributed by atoms with E-state index in [4.69, 9.17) is 0 Å². The van der Waals surface area contributed by atoms with Gasteiger partial charge >= 0.3 is 12.3 Å². The quantitative estimate of drug-likeness (QED) is 0.565. The van der Waals surface area contributed by atoms with Crippen LogP contribution >= 0.6 is 0 Å². The van der Waals surface area contributed by atoms with E-state index in [2.05, 4.69) is 4.74 Å². The summed E-state index contributed by atoms with van der Waals surface area (Å²) in [5.74, 6) is 0. The summed E-state index contributed by atoms with van der Waals surface area (Å²) < 4.78 is 59.2. The Balaban J connectivity index is 3.56. The Morgan fingerprint density at radius 2 is 1.50 bits per heavy atom. The van der Waals surface area contributed by atoms with Crippen LogP contribution in [0.1, 0.15) is 0 Å². The lowest BCUT2D eigenvalue weighted by atomic mass is 10.7. The van der Waals surface area contributed by atoms with Crippen molar-refractivity contribution in [1.82, 2.24) is 0 Å². The van der Waals surface area contributed by atoms with Gasteiger partial charge in [-0.05, 0) is 0 Å². The number of hydrogen-bond donors (Lipinski definition) is 0. The fourth-order valence-electron chi connectivity index (χ4n) is 0.187. The average Bonchev–Trinajstić information content (AvgIpc) is 1.57. The first-order valence-corrected chi connectivity index (χ1v) is 2.14. The highest BCUT2D eigenvalue weighted by atomic mass is 19.4. The van der Waals surface area contributed by atoms with Gasteiger partial charge in [0, 0.05) is 6.92 Å². The summed E-state index contributed by atoms with van der Waals surface area (Å²) in [6.07, 6.45) is -8.70. The maximum Gasteiger partial charge on any atom is 0.412 e. The molecule has 1 nitrogen and oxygen atoms in total. The first-order valence-electron chi connectivity index (χ1n) is 2.14. The van der Waals surface area contributed by atoms with E-state index in [0.717, 1.165) is 0 Å². The van der Waals surface area contributed by atoms with E-state index in [1.807, 2.05) is 6.92 Å². The zero-order valence-electron chi connectivity index (χ0n) is 4.71.